The standard InChI is InChI=1S/C54H71N11O8S/c1-32-14-16-38(17-15-32)46-44-33(2)35(4)74-54(44)65-36(5)60-61-49(65)41(58-46)31-43(66)56-20-26-72-28-29-73-27-21-57-51(68)45-40-19-18-39(71-8)30-42(40)62(7)48(45)53(70)64-24-22-63(23-25-64)52(69)47(37-12-10-9-11-13-37)59-50(67)34(3)55-6/h14-19,30,34,37,41,47,55H,9-13,20-29,31H2,1-8H3,(H,56,66)(H,57,68)(H,59,67)/t34-,41-,47-/m0/s1. The van der Waals surface area contributed by atoms with Gasteiger partial charge in [-0.1, -0.05) is 49.1 Å². The number of benzene rings is 2. The number of hydrogen-bond donors (Lipinski definition) is 4. The van der Waals surface area contributed by atoms with E-state index >= 15 is 0 Å². The lowest BCUT2D eigenvalue weighted by atomic mass is 9.83. The lowest BCUT2D eigenvalue weighted by Crippen LogP contribution is -2.59. The molecule has 1 saturated heterocycles. The molecule has 5 amide bonds. The molecule has 0 radical (unpaired) electrons. The molecule has 0 bridgehead atoms. The average Bonchev–Trinajstić information content (AvgIpc) is 4.02. The maximum atomic E-state index is 14.5. The van der Waals surface area contributed by atoms with Gasteiger partial charge in [0, 0.05) is 73.8 Å². The summed E-state index contributed by atoms with van der Waals surface area (Å²) >= 11 is 1.68. The van der Waals surface area contributed by atoms with Crippen LogP contribution in [0.4, 0.5) is 0 Å². The van der Waals surface area contributed by atoms with Crippen molar-refractivity contribution in [2.45, 2.75) is 91.3 Å². The van der Waals surface area contributed by atoms with Crippen LogP contribution < -0.4 is 26.0 Å². The fourth-order valence-electron chi connectivity index (χ4n) is 10.2. The molecular weight excluding hydrogens is 963 g/mol. The normalized spacial score (nSPS) is 16.7. The predicted molar refractivity (Wildman–Crippen MR) is 284 cm³/mol. The van der Waals surface area contributed by atoms with Crippen molar-refractivity contribution >= 4 is 57.5 Å². The maximum absolute atomic E-state index is 14.5. The Morgan fingerprint density at radius 1 is 0.838 bits per heavy atom. The molecule has 5 aromatic rings. The molecule has 1 aliphatic carbocycles. The van der Waals surface area contributed by atoms with Gasteiger partial charge >= 0.3 is 0 Å². The van der Waals surface area contributed by atoms with Gasteiger partial charge in [-0.3, -0.25) is 33.5 Å². The van der Waals surface area contributed by atoms with Crippen LogP contribution in [0.1, 0.15) is 111 Å². The second-order valence-corrected chi connectivity index (χ2v) is 20.7. The average molecular weight is 1030 g/mol. The van der Waals surface area contributed by atoms with Crippen molar-refractivity contribution in [3.8, 4) is 10.8 Å². The Labute approximate surface area is 436 Å². The van der Waals surface area contributed by atoms with Crippen molar-refractivity contribution < 1.29 is 38.2 Å². The van der Waals surface area contributed by atoms with E-state index < -0.39 is 24.0 Å². The van der Waals surface area contributed by atoms with Gasteiger partial charge in [-0.2, -0.15) is 0 Å². The molecule has 1 saturated carbocycles. The summed E-state index contributed by atoms with van der Waals surface area (Å²) in [6, 6.07) is 12.0. The number of nitrogens with one attached hydrogen (secondary N) is 4. The van der Waals surface area contributed by atoms with E-state index in [4.69, 9.17) is 19.2 Å². The molecule has 396 valence electrons. The quantitative estimate of drug-likeness (QED) is 0.0771. The zero-order valence-electron chi connectivity index (χ0n) is 44.0. The number of fused-ring (bicyclic) bond motifs is 4. The summed E-state index contributed by atoms with van der Waals surface area (Å²) in [6.45, 7) is 12.6. The van der Waals surface area contributed by atoms with E-state index in [2.05, 4.69) is 76.5 Å². The Kier molecular flexibility index (Phi) is 17.6. The van der Waals surface area contributed by atoms with Crippen LogP contribution in [-0.4, -0.2) is 156 Å². The first kappa shape index (κ1) is 53.8. The molecule has 0 spiro atoms. The summed E-state index contributed by atoms with van der Waals surface area (Å²) in [4.78, 5) is 78.8. The van der Waals surface area contributed by atoms with Crippen LogP contribution >= 0.6 is 11.3 Å². The van der Waals surface area contributed by atoms with E-state index in [9.17, 15) is 24.0 Å². The van der Waals surface area contributed by atoms with Gasteiger partial charge < -0.3 is 49.8 Å². The van der Waals surface area contributed by atoms with Crippen LogP contribution in [0, 0.1) is 33.6 Å². The minimum atomic E-state index is -0.626. The Morgan fingerprint density at radius 2 is 1.51 bits per heavy atom. The van der Waals surface area contributed by atoms with Gasteiger partial charge in [0.2, 0.25) is 17.7 Å². The van der Waals surface area contributed by atoms with Crippen LogP contribution in [0.2, 0.25) is 0 Å². The first-order valence-corrected chi connectivity index (χ1v) is 26.6. The fourth-order valence-corrected chi connectivity index (χ4v) is 11.4. The highest BCUT2D eigenvalue weighted by atomic mass is 32.1. The number of likely N-dealkylation sites (N-methyl/N-ethyl adjacent to an activating group) is 1. The van der Waals surface area contributed by atoms with Crippen molar-refractivity contribution in [3.05, 3.63) is 92.5 Å². The summed E-state index contributed by atoms with van der Waals surface area (Å²) in [7, 11) is 5.04. The number of carbonyl (C=O) groups is 5. The van der Waals surface area contributed by atoms with Gasteiger partial charge in [0.25, 0.3) is 11.8 Å². The monoisotopic (exact) mass is 1030 g/mol. The van der Waals surface area contributed by atoms with Crippen molar-refractivity contribution in [3.63, 3.8) is 0 Å². The highest BCUT2D eigenvalue weighted by molar-refractivity contribution is 7.15. The first-order chi connectivity index (χ1) is 35.7. The first-order valence-electron chi connectivity index (χ1n) is 25.8. The number of aromatic nitrogens is 4. The van der Waals surface area contributed by atoms with Gasteiger partial charge in [-0.25, -0.2) is 0 Å². The number of carbonyl (C=O) groups excluding carboxylic acids is 5. The zero-order chi connectivity index (χ0) is 52.6. The second-order valence-electron chi connectivity index (χ2n) is 19.5. The molecule has 0 unspecified atom stereocenters. The van der Waals surface area contributed by atoms with Gasteiger partial charge in [0.05, 0.1) is 62.8 Å². The molecule has 2 aliphatic heterocycles. The Morgan fingerprint density at radius 3 is 2.19 bits per heavy atom. The predicted octanol–water partition coefficient (Wildman–Crippen LogP) is 4.88. The summed E-state index contributed by atoms with van der Waals surface area (Å²) in [5, 5.41) is 22.4. The minimum absolute atomic E-state index is 0.0580. The largest absolute Gasteiger partial charge is 0.497 e. The highest BCUT2D eigenvalue weighted by Gasteiger charge is 2.38. The van der Waals surface area contributed by atoms with Gasteiger partial charge in [0.15, 0.2) is 5.82 Å². The molecule has 3 aliphatic rings. The van der Waals surface area contributed by atoms with Crippen LogP contribution in [0.15, 0.2) is 47.5 Å². The molecule has 3 atom stereocenters. The SMILES string of the molecule is CN[C@@H](C)C(=O)N[C@H](C(=O)N1CCN(C(=O)c2c(C(=O)NCCOCCOCCNC(=O)C[C@@H]3N=C(c4ccc(C)cc4)c4c(sc(C)c4C)-n4c(C)nnc43)c3ccc(OC)cc3n2C)CC1)C1CCCCC1. The van der Waals surface area contributed by atoms with E-state index in [0.717, 1.165) is 70.9 Å². The van der Waals surface area contributed by atoms with Crippen LogP contribution in [-0.2, 0) is 30.9 Å². The fraction of sp³-hybridized carbons (Fsp3) is 0.519. The molecule has 19 nitrogen and oxygen atoms in total. The van der Waals surface area contributed by atoms with Gasteiger partial charge in [-0.15, -0.1) is 21.5 Å². The number of thiophene rings is 1. The number of ether oxygens (including phenoxy) is 3. The number of aryl methyl sites for hydroxylation is 4. The number of aliphatic imine (C=N–C) groups is 1. The molecule has 8 rings (SSSR count). The second kappa shape index (κ2) is 24.2. The van der Waals surface area contributed by atoms with Crippen molar-refractivity contribution in [2.75, 3.05) is 79.9 Å². The topological polar surface area (TPSA) is 216 Å². The molecule has 2 fully saturated rings. The third kappa shape index (κ3) is 11.7. The number of methoxy groups -OCH3 is 1. The van der Waals surface area contributed by atoms with Crippen LogP contribution in [0.3, 0.4) is 0 Å². The smallest absolute Gasteiger partial charge is 0.271 e. The Balaban J connectivity index is 0.812. The van der Waals surface area contributed by atoms with Crippen LogP contribution in [0.5, 0.6) is 5.75 Å². The lowest BCUT2D eigenvalue weighted by Gasteiger charge is -2.39. The summed E-state index contributed by atoms with van der Waals surface area (Å²) in [5.74, 6) is 0.739. The van der Waals surface area contributed by atoms with E-state index in [-0.39, 0.29) is 99.8 Å². The van der Waals surface area contributed by atoms with Crippen LogP contribution in [0.25, 0.3) is 15.9 Å². The molecule has 3 aromatic heterocycles. The van der Waals surface area contributed by atoms with Gasteiger partial charge in [-0.05, 0) is 78.1 Å². The molecule has 4 N–H and O–H groups in total. The summed E-state index contributed by atoms with van der Waals surface area (Å²) in [5.41, 5.74) is 6.28. The van der Waals surface area contributed by atoms with Gasteiger partial charge in [0.1, 0.15) is 34.4 Å². The maximum Gasteiger partial charge on any atom is 0.271 e. The zero-order valence-corrected chi connectivity index (χ0v) is 44.8. The number of rotatable bonds is 20. The number of nitrogens with zero attached hydrogens (tertiary/aromatic N) is 7. The molecule has 5 heterocycles. The summed E-state index contributed by atoms with van der Waals surface area (Å²) < 4.78 is 20.8. The van der Waals surface area contributed by atoms with E-state index in [0.29, 0.717) is 35.6 Å². The lowest BCUT2D eigenvalue weighted by molar-refractivity contribution is -0.140. The molecular formula is C54H71N11O8S. The molecule has 20 heteroatoms. The summed E-state index contributed by atoms with van der Waals surface area (Å²) in [6.07, 6.45) is 5.00. The molecule has 2 aromatic carbocycles. The number of hydrogen-bond acceptors (Lipinski definition) is 13. The van der Waals surface area contributed by atoms with Crippen molar-refractivity contribution in [1.82, 2.24) is 50.4 Å². The van der Waals surface area contributed by atoms with E-state index in [1.165, 1.54) is 4.88 Å². The van der Waals surface area contributed by atoms with Crippen molar-refractivity contribution in [2.24, 2.45) is 18.0 Å². The third-order valence-electron chi connectivity index (χ3n) is 14.6. The Hall–Kier alpha value is -6.48. The third-order valence-corrected chi connectivity index (χ3v) is 15.8. The highest BCUT2D eigenvalue weighted by Crippen LogP contribution is 2.40. The van der Waals surface area contributed by atoms with E-state index in [1.54, 1.807) is 72.0 Å². The number of piperazine rings is 1. The van der Waals surface area contributed by atoms with E-state index in [1.807, 2.05) is 11.5 Å². The van der Waals surface area contributed by atoms with Crippen molar-refractivity contribution in [1.29, 1.82) is 0 Å². The minimum Gasteiger partial charge on any atom is -0.497 e. The Bertz CT molecular complexity index is 2870. The molecule has 74 heavy (non-hydrogen) atoms. The number of amides is 5.